The topological polar surface area (TPSA) is 53.6 Å². The molecule has 126 valence electrons. The molecule has 0 radical (unpaired) electrons. The molecule has 0 amide bonds. The first-order chi connectivity index (χ1) is 11.7. The van der Waals surface area contributed by atoms with Gasteiger partial charge in [-0.05, 0) is 50.6 Å². The third kappa shape index (κ3) is 4.36. The summed E-state index contributed by atoms with van der Waals surface area (Å²) in [5.41, 5.74) is 9.64. The van der Waals surface area contributed by atoms with Crippen molar-refractivity contribution in [2.24, 2.45) is 10.7 Å². The monoisotopic (exact) mass is 322 g/mol. The normalized spacial score (nSPS) is 17.0. The molecule has 4 heteroatoms. The van der Waals surface area contributed by atoms with E-state index in [2.05, 4.69) is 46.4 Å². The Balaban J connectivity index is 1.71. The lowest BCUT2D eigenvalue weighted by atomic mass is 10.0. The number of hydrogen-bond donors (Lipinski definition) is 2. The fourth-order valence-electron chi connectivity index (χ4n) is 3.17. The van der Waals surface area contributed by atoms with Crippen molar-refractivity contribution in [1.82, 2.24) is 4.90 Å². The zero-order chi connectivity index (χ0) is 16.8. The number of rotatable bonds is 5. The Kier molecular flexibility index (Phi) is 5.49. The molecule has 0 bridgehead atoms. The largest absolute Gasteiger partial charge is 0.370 e. The highest BCUT2D eigenvalue weighted by molar-refractivity contribution is 5.92. The second-order valence-electron chi connectivity index (χ2n) is 6.39. The van der Waals surface area contributed by atoms with Crippen molar-refractivity contribution in [3.8, 4) is 0 Å². The summed E-state index contributed by atoms with van der Waals surface area (Å²) in [6, 6.07) is 19.0. The Labute approximate surface area is 144 Å². The van der Waals surface area contributed by atoms with Crippen LogP contribution in [0.3, 0.4) is 0 Å². The zero-order valence-corrected chi connectivity index (χ0v) is 14.3. The summed E-state index contributed by atoms with van der Waals surface area (Å²) in [5.74, 6) is 0.470. The van der Waals surface area contributed by atoms with E-state index in [-0.39, 0.29) is 0 Å². The molecular weight excluding hydrogens is 296 g/mol. The SMILES string of the molecule is Cc1ccc(C(CN=C(N)Nc2ccccc2)N2CCCC2)cc1. The molecule has 0 aromatic heterocycles. The van der Waals surface area contributed by atoms with Gasteiger partial charge in [0.2, 0.25) is 0 Å². The van der Waals surface area contributed by atoms with Crippen LogP contribution in [0.4, 0.5) is 5.69 Å². The van der Waals surface area contributed by atoms with Crippen LogP contribution in [0, 0.1) is 6.92 Å². The second-order valence-corrected chi connectivity index (χ2v) is 6.39. The molecule has 0 saturated carbocycles. The Morgan fingerprint density at radius 2 is 1.75 bits per heavy atom. The van der Waals surface area contributed by atoms with Crippen molar-refractivity contribution in [2.75, 3.05) is 25.0 Å². The van der Waals surface area contributed by atoms with E-state index in [0.717, 1.165) is 18.8 Å². The van der Waals surface area contributed by atoms with Gasteiger partial charge in [-0.15, -0.1) is 0 Å². The van der Waals surface area contributed by atoms with Crippen molar-refractivity contribution in [3.05, 3.63) is 65.7 Å². The maximum Gasteiger partial charge on any atom is 0.193 e. The number of nitrogens with zero attached hydrogens (tertiary/aromatic N) is 2. The van der Waals surface area contributed by atoms with Gasteiger partial charge in [-0.2, -0.15) is 0 Å². The first kappa shape index (κ1) is 16.5. The average molecular weight is 322 g/mol. The summed E-state index contributed by atoms with van der Waals surface area (Å²) in [6.07, 6.45) is 2.54. The summed E-state index contributed by atoms with van der Waals surface area (Å²) >= 11 is 0. The van der Waals surface area contributed by atoms with Crippen molar-refractivity contribution >= 4 is 11.6 Å². The molecule has 2 aromatic rings. The molecule has 0 spiro atoms. The molecular formula is C20H26N4. The fourth-order valence-corrected chi connectivity index (χ4v) is 3.17. The first-order valence-corrected chi connectivity index (χ1v) is 8.65. The van der Waals surface area contributed by atoms with Gasteiger partial charge >= 0.3 is 0 Å². The third-order valence-corrected chi connectivity index (χ3v) is 4.52. The number of nitrogens with one attached hydrogen (secondary N) is 1. The molecule has 3 N–H and O–H groups in total. The summed E-state index contributed by atoms with van der Waals surface area (Å²) in [6.45, 7) is 5.07. The van der Waals surface area contributed by atoms with Crippen LogP contribution in [0.1, 0.15) is 30.0 Å². The van der Waals surface area contributed by atoms with Gasteiger partial charge in [0.25, 0.3) is 0 Å². The number of para-hydroxylation sites is 1. The van der Waals surface area contributed by atoms with E-state index >= 15 is 0 Å². The Bertz CT molecular complexity index is 658. The number of benzene rings is 2. The minimum absolute atomic E-state index is 0.296. The molecule has 1 unspecified atom stereocenters. The van der Waals surface area contributed by atoms with Crippen LogP contribution in [-0.4, -0.2) is 30.5 Å². The molecule has 1 heterocycles. The van der Waals surface area contributed by atoms with Crippen LogP contribution in [0.15, 0.2) is 59.6 Å². The van der Waals surface area contributed by atoms with Gasteiger partial charge in [0.15, 0.2) is 5.96 Å². The van der Waals surface area contributed by atoms with Crippen molar-refractivity contribution in [1.29, 1.82) is 0 Å². The molecule has 2 aromatic carbocycles. The standard InChI is InChI=1S/C20H26N4/c1-16-9-11-17(12-10-16)19(24-13-5-6-14-24)15-22-20(21)23-18-7-3-2-4-8-18/h2-4,7-12,19H,5-6,13-15H2,1H3,(H3,21,22,23). The molecule has 3 rings (SSSR count). The van der Waals surface area contributed by atoms with Gasteiger partial charge in [-0.3, -0.25) is 9.89 Å². The van der Waals surface area contributed by atoms with Crippen molar-refractivity contribution in [3.63, 3.8) is 0 Å². The van der Waals surface area contributed by atoms with E-state index < -0.39 is 0 Å². The summed E-state index contributed by atoms with van der Waals surface area (Å²) in [5, 5.41) is 3.16. The highest BCUT2D eigenvalue weighted by atomic mass is 15.2. The van der Waals surface area contributed by atoms with Gasteiger partial charge in [0.1, 0.15) is 0 Å². The minimum atomic E-state index is 0.296. The van der Waals surface area contributed by atoms with E-state index in [1.54, 1.807) is 0 Å². The smallest absolute Gasteiger partial charge is 0.193 e. The maximum absolute atomic E-state index is 6.08. The highest BCUT2D eigenvalue weighted by Crippen LogP contribution is 2.25. The highest BCUT2D eigenvalue weighted by Gasteiger charge is 2.23. The Morgan fingerprint density at radius 3 is 2.42 bits per heavy atom. The second kappa shape index (κ2) is 7.97. The summed E-state index contributed by atoms with van der Waals surface area (Å²) < 4.78 is 0. The average Bonchev–Trinajstić information content (AvgIpc) is 3.12. The quantitative estimate of drug-likeness (QED) is 0.654. The predicted molar refractivity (Wildman–Crippen MR) is 101 cm³/mol. The molecule has 0 aliphatic carbocycles. The molecule has 1 aliphatic rings. The Hall–Kier alpha value is -2.33. The number of aliphatic imine (C=N–C) groups is 1. The number of aryl methyl sites for hydroxylation is 1. The predicted octanol–water partition coefficient (Wildman–Crippen LogP) is 3.56. The third-order valence-electron chi connectivity index (χ3n) is 4.52. The first-order valence-electron chi connectivity index (χ1n) is 8.65. The molecule has 1 saturated heterocycles. The number of guanidine groups is 1. The van der Waals surface area contributed by atoms with Crippen LogP contribution in [0.5, 0.6) is 0 Å². The van der Waals surface area contributed by atoms with Crippen LogP contribution in [-0.2, 0) is 0 Å². The summed E-state index contributed by atoms with van der Waals surface area (Å²) in [4.78, 5) is 7.12. The number of hydrogen-bond acceptors (Lipinski definition) is 2. The molecule has 1 fully saturated rings. The van der Waals surface area contributed by atoms with Crippen LogP contribution in [0.25, 0.3) is 0 Å². The van der Waals surface area contributed by atoms with Gasteiger partial charge in [0, 0.05) is 5.69 Å². The molecule has 24 heavy (non-hydrogen) atoms. The number of nitrogens with two attached hydrogens (primary N) is 1. The van der Waals surface area contributed by atoms with Crippen LogP contribution >= 0.6 is 0 Å². The van der Waals surface area contributed by atoms with E-state index in [1.165, 1.54) is 24.0 Å². The van der Waals surface area contributed by atoms with Crippen molar-refractivity contribution < 1.29 is 0 Å². The maximum atomic E-state index is 6.08. The minimum Gasteiger partial charge on any atom is -0.370 e. The number of anilines is 1. The van der Waals surface area contributed by atoms with Gasteiger partial charge < -0.3 is 11.1 Å². The van der Waals surface area contributed by atoms with Crippen LogP contribution < -0.4 is 11.1 Å². The lowest BCUT2D eigenvalue weighted by Crippen LogP contribution is -2.30. The van der Waals surface area contributed by atoms with Gasteiger partial charge in [-0.1, -0.05) is 48.0 Å². The lowest BCUT2D eigenvalue weighted by molar-refractivity contribution is 0.252. The summed E-state index contributed by atoms with van der Waals surface area (Å²) in [7, 11) is 0. The molecule has 1 aliphatic heterocycles. The number of likely N-dealkylation sites (tertiary alicyclic amines) is 1. The zero-order valence-electron chi connectivity index (χ0n) is 14.3. The van der Waals surface area contributed by atoms with E-state index in [4.69, 9.17) is 5.73 Å². The molecule has 4 nitrogen and oxygen atoms in total. The van der Waals surface area contributed by atoms with Crippen LogP contribution in [0.2, 0.25) is 0 Å². The van der Waals surface area contributed by atoms with E-state index in [9.17, 15) is 0 Å². The fraction of sp³-hybridized carbons (Fsp3) is 0.350. The van der Waals surface area contributed by atoms with E-state index in [1.807, 2.05) is 30.3 Å². The van der Waals surface area contributed by atoms with E-state index in [0.29, 0.717) is 18.5 Å². The lowest BCUT2D eigenvalue weighted by Gasteiger charge is -2.26. The van der Waals surface area contributed by atoms with Gasteiger partial charge in [-0.25, -0.2) is 0 Å². The molecule has 1 atom stereocenters. The van der Waals surface area contributed by atoms with Gasteiger partial charge in [0.05, 0.1) is 12.6 Å². The Morgan fingerprint density at radius 1 is 1.08 bits per heavy atom. The van der Waals surface area contributed by atoms with Crippen molar-refractivity contribution in [2.45, 2.75) is 25.8 Å².